The molecule has 0 radical (unpaired) electrons. The van der Waals surface area contributed by atoms with Crippen molar-refractivity contribution in [1.29, 1.82) is 0 Å². The predicted octanol–water partition coefficient (Wildman–Crippen LogP) is 3.35. The molecule has 2 aromatic rings. The van der Waals surface area contributed by atoms with Crippen molar-refractivity contribution in [3.05, 3.63) is 53.7 Å². The van der Waals surface area contributed by atoms with Crippen LogP contribution in [0, 0.1) is 11.6 Å². The van der Waals surface area contributed by atoms with E-state index in [1.165, 1.54) is 25.3 Å². The van der Waals surface area contributed by atoms with Crippen LogP contribution in [0.1, 0.15) is 17.3 Å². The van der Waals surface area contributed by atoms with Crippen molar-refractivity contribution in [2.45, 2.75) is 6.92 Å². The Labute approximate surface area is 102 Å². The molecule has 0 saturated carbocycles. The summed E-state index contributed by atoms with van der Waals surface area (Å²) < 4.78 is 30.9. The molecule has 0 N–H and O–H groups in total. The molecule has 1 aromatic heterocycles. The summed E-state index contributed by atoms with van der Waals surface area (Å²) in [6.07, 6.45) is 1.41. The van der Waals surface area contributed by atoms with Gasteiger partial charge in [0.15, 0.2) is 17.4 Å². The lowest BCUT2D eigenvalue weighted by atomic mass is 10.2. The van der Waals surface area contributed by atoms with E-state index in [9.17, 15) is 13.6 Å². The highest BCUT2D eigenvalue weighted by Gasteiger charge is 2.06. The van der Waals surface area contributed by atoms with E-state index in [4.69, 9.17) is 4.74 Å². The first kappa shape index (κ1) is 12.2. The molecule has 0 spiro atoms. The zero-order valence-corrected chi connectivity index (χ0v) is 9.48. The molecule has 0 amide bonds. The van der Waals surface area contributed by atoms with Crippen molar-refractivity contribution in [2.24, 2.45) is 0 Å². The number of benzene rings is 1. The summed E-state index contributed by atoms with van der Waals surface area (Å²) in [6, 6.07) is 6.13. The lowest BCUT2D eigenvalue weighted by Gasteiger charge is -2.05. The molecule has 0 fully saturated rings. The van der Waals surface area contributed by atoms with Gasteiger partial charge in [-0.15, -0.1) is 0 Å². The van der Waals surface area contributed by atoms with Crippen molar-refractivity contribution < 1.29 is 18.3 Å². The first-order chi connectivity index (χ1) is 8.56. The zero-order chi connectivity index (χ0) is 13.1. The van der Waals surface area contributed by atoms with E-state index in [2.05, 4.69) is 4.98 Å². The number of rotatable bonds is 3. The third-order valence-electron chi connectivity index (χ3n) is 2.25. The van der Waals surface area contributed by atoms with Crippen LogP contribution in [-0.4, -0.2) is 10.8 Å². The molecular formula is C13H9F2NO2. The normalized spacial score (nSPS) is 10.2. The molecule has 0 aliphatic carbocycles. The second-order valence-corrected chi connectivity index (χ2v) is 3.62. The number of ether oxygens (including phenoxy) is 1. The highest BCUT2D eigenvalue weighted by molar-refractivity contribution is 5.94. The minimum absolute atomic E-state index is 0.113. The fourth-order valence-corrected chi connectivity index (χ4v) is 1.35. The lowest BCUT2D eigenvalue weighted by Crippen LogP contribution is -1.95. The molecule has 1 heterocycles. The number of carbonyl (C=O) groups excluding carboxylic acids is 1. The number of aromatic nitrogens is 1. The molecule has 5 heteroatoms. The van der Waals surface area contributed by atoms with Crippen molar-refractivity contribution in [3.8, 4) is 11.6 Å². The van der Waals surface area contributed by atoms with Crippen LogP contribution >= 0.6 is 0 Å². The predicted molar refractivity (Wildman–Crippen MR) is 60.7 cm³/mol. The molecular weight excluding hydrogens is 240 g/mol. The van der Waals surface area contributed by atoms with E-state index < -0.39 is 11.6 Å². The fraction of sp³-hybridized carbons (Fsp3) is 0.0769. The van der Waals surface area contributed by atoms with Gasteiger partial charge in [-0.05, 0) is 25.1 Å². The van der Waals surface area contributed by atoms with Crippen molar-refractivity contribution >= 4 is 5.78 Å². The van der Waals surface area contributed by atoms with Crippen LogP contribution in [-0.2, 0) is 0 Å². The molecule has 0 aliphatic heterocycles. The number of halogens is 2. The molecule has 0 saturated heterocycles. The van der Waals surface area contributed by atoms with E-state index in [1.54, 1.807) is 6.07 Å². The largest absolute Gasteiger partial charge is 0.439 e. The maximum atomic E-state index is 13.0. The third-order valence-corrected chi connectivity index (χ3v) is 2.25. The fourth-order valence-electron chi connectivity index (χ4n) is 1.35. The van der Waals surface area contributed by atoms with Gasteiger partial charge in [0.1, 0.15) is 5.75 Å². The monoisotopic (exact) mass is 249 g/mol. The van der Waals surface area contributed by atoms with Gasteiger partial charge < -0.3 is 4.74 Å². The summed E-state index contributed by atoms with van der Waals surface area (Å²) in [4.78, 5) is 15.0. The molecule has 18 heavy (non-hydrogen) atoms. The van der Waals surface area contributed by atoms with E-state index in [0.29, 0.717) is 5.56 Å². The lowest BCUT2D eigenvalue weighted by molar-refractivity contribution is 0.101. The molecule has 2 rings (SSSR count). The van der Waals surface area contributed by atoms with Crippen molar-refractivity contribution in [3.63, 3.8) is 0 Å². The van der Waals surface area contributed by atoms with Gasteiger partial charge in [0.2, 0.25) is 5.88 Å². The Hall–Kier alpha value is -2.30. The Morgan fingerprint density at radius 2 is 1.94 bits per heavy atom. The summed E-state index contributed by atoms with van der Waals surface area (Å²) >= 11 is 0. The molecule has 0 atom stereocenters. The van der Waals surface area contributed by atoms with Gasteiger partial charge in [-0.2, -0.15) is 0 Å². The van der Waals surface area contributed by atoms with Crippen LogP contribution < -0.4 is 4.74 Å². The molecule has 92 valence electrons. The molecule has 0 bridgehead atoms. The number of ketones is 1. The number of pyridine rings is 1. The van der Waals surface area contributed by atoms with Crippen LogP contribution in [0.25, 0.3) is 0 Å². The Morgan fingerprint density at radius 1 is 1.17 bits per heavy atom. The Morgan fingerprint density at radius 3 is 2.61 bits per heavy atom. The van der Waals surface area contributed by atoms with Crippen molar-refractivity contribution in [2.75, 3.05) is 0 Å². The number of nitrogens with zero attached hydrogens (tertiary/aromatic N) is 1. The SMILES string of the molecule is CC(=O)c1ccnc(Oc2ccc(F)c(F)c2)c1. The van der Waals surface area contributed by atoms with Crippen LogP contribution in [0.4, 0.5) is 8.78 Å². The van der Waals surface area contributed by atoms with E-state index in [1.807, 2.05) is 0 Å². The van der Waals surface area contributed by atoms with E-state index >= 15 is 0 Å². The van der Waals surface area contributed by atoms with Gasteiger partial charge in [-0.1, -0.05) is 0 Å². The Kier molecular flexibility index (Phi) is 3.32. The number of Topliss-reactive ketones (excluding diaryl/α,β-unsaturated/α-hetero) is 1. The minimum atomic E-state index is -1.00. The zero-order valence-electron chi connectivity index (χ0n) is 9.48. The number of carbonyl (C=O) groups is 1. The minimum Gasteiger partial charge on any atom is -0.439 e. The average molecular weight is 249 g/mol. The second kappa shape index (κ2) is 4.91. The van der Waals surface area contributed by atoms with E-state index in [0.717, 1.165) is 12.1 Å². The summed E-state index contributed by atoms with van der Waals surface area (Å²) in [7, 11) is 0. The van der Waals surface area contributed by atoms with Gasteiger partial charge in [0.05, 0.1) is 0 Å². The standard InChI is InChI=1S/C13H9F2NO2/c1-8(17)9-4-5-16-13(6-9)18-10-2-3-11(14)12(15)7-10/h2-7H,1H3. The van der Waals surface area contributed by atoms with Crippen LogP contribution in [0.3, 0.4) is 0 Å². The van der Waals surface area contributed by atoms with Crippen molar-refractivity contribution in [1.82, 2.24) is 4.98 Å². The van der Waals surface area contributed by atoms with Crippen LogP contribution in [0.15, 0.2) is 36.5 Å². The molecule has 0 aliphatic rings. The maximum Gasteiger partial charge on any atom is 0.219 e. The summed E-state index contributed by atoms with van der Waals surface area (Å²) in [6.45, 7) is 1.41. The Balaban J connectivity index is 2.25. The van der Waals surface area contributed by atoms with Gasteiger partial charge in [-0.25, -0.2) is 13.8 Å². The van der Waals surface area contributed by atoms with Crippen LogP contribution in [0.5, 0.6) is 11.6 Å². The summed E-state index contributed by atoms with van der Waals surface area (Å²) in [5, 5.41) is 0. The molecule has 1 aromatic carbocycles. The maximum absolute atomic E-state index is 13.0. The first-order valence-corrected chi connectivity index (χ1v) is 5.16. The molecule has 3 nitrogen and oxygen atoms in total. The van der Waals surface area contributed by atoms with E-state index in [-0.39, 0.29) is 17.4 Å². The first-order valence-electron chi connectivity index (χ1n) is 5.16. The highest BCUT2D eigenvalue weighted by Crippen LogP contribution is 2.22. The second-order valence-electron chi connectivity index (χ2n) is 3.62. The summed E-state index contributed by atoms with van der Waals surface area (Å²) in [5.41, 5.74) is 0.433. The highest BCUT2D eigenvalue weighted by atomic mass is 19.2. The Bertz CT molecular complexity index is 599. The average Bonchev–Trinajstić information content (AvgIpc) is 2.34. The third kappa shape index (κ3) is 2.68. The quantitative estimate of drug-likeness (QED) is 0.783. The van der Waals surface area contributed by atoms with Crippen LogP contribution in [0.2, 0.25) is 0 Å². The van der Waals surface area contributed by atoms with Gasteiger partial charge in [0, 0.05) is 23.9 Å². The van der Waals surface area contributed by atoms with Gasteiger partial charge in [0.25, 0.3) is 0 Å². The number of hydrogen-bond donors (Lipinski definition) is 0. The smallest absolute Gasteiger partial charge is 0.219 e. The van der Waals surface area contributed by atoms with Gasteiger partial charge >= 0.3 is 0 Å². The number of hydrogen-bond acceptors (Lipinski definition) is 3. The van der Waals surface area contributed by atoms with Gasteiger partial charge in [-0.3, -0.25) is 4.79 Å². The topological polar surface area (TPSA) is 39.2 Å². The summed E-state index contributed by atoms with van der Waals surface area (Å²) in [5.74, 6) is -1.83. The molecule has 0 unspecified atom stereocenters.